The van der Waals surface area contributed by atoms with Crippen molar-refractivity contribution in [2.45, 2.75) is 46.3 Å². The highest BCUT2D eigenvalue weighted by Crippen LogP contribution is 2.47. The summed E-state index contributed by atoms with van der Waals surface area (Å²) in [6.45, 7) is 12.0. The van der Waals surface area contributed by atoms with Crippen LogP contribution in [0.5, 0.6) is 0 Å². The van der Waals surface area contributed by atoms with Gasteiger partial charge in [-0.1, -0.05) is 50.7 Å². The summed E-state index contributed by atoms with van der Waals surface area (Å²) in [5, 5.41) is 1.86. The molecule has 0 aromatic heterocycles. The van der Waals surface area contributed by atoms with Gasteiger partial charge in [0.1, 0.15) is 0 Å². The summed E-state index contributed by atoms with van der Waals surface area (Å²) in [6, 6.07) is 0. The van der Waals surface area contributed by atoms with Crippen LogP contribution in [0.2, 0.25) is 19.6 Å². The first-order chi connectivity index (χ1) is 4.98. The summed E-state index contributed by atoms with van der Waals surface area (Å²) in [4.78, 5) is 0. The maximum Gasteiger partial charge on any atom is 0.0731 e. The largest absolute Gasteiger partial charge is 0.0746 e. The molecule has 0 radical (unpaired) electrons. The van der Waals surface area contributed by atoms with E-state index in [0.29, 0.717) is 0 Å². The fourth-order valence-corrected chi connectivity index (χ4v) is 4.85. The van der Waals surface area contributed by atoms with Gasteiger partial charge in [0, 0.05) is 0 Å². The molecule has 1 aliphatic carbocycles. The predicted molar refractivity (Wildman–Crippen MR) is 54.4 cm³/mol. The van der Waals surface area contributed by atoms with Gasteiger partial charge in [-0.25, -0.2) is 0 Å². The van der Waals surface area contributed by atoms with E-state index in [1.54, 1.807) is 5.57 Å². The SMILES string of the molecule is CCCC1=C([Si](C)(C)C)C1C. The Bertz CT molecular complexity index is 184. The Balaban J connectivity index is 2.61. The van der Waals surface area contributed by atoms with Crippen molar-refractivity contribution >= 4 is 8.07 Å². The smallest absolute Gasteiger partial charge is 0.0731 e. The van der Waals surface area contributed by atoms with Crippen LogP contribution in [-0.4, -0.2) is 8.07 Å². The fourth-order valence-electron chi connectivity index (χ4n) is 2.15. The molecule has 0 aliphatic heterocycles. The Kier molecular flexibility index (Phi) is 2.29. The molecule has 0 bridgehead atoms. The zero-order valence-electron chi connectivity index (χ0n) is 8.49. The number of rotatable bonds is 3. The van der Waals surface area contributed by atoms with E-state index in [1.807, 2.05) is 5.20 Å². The summed E-state index contributed by atoms with van der Waals surface area (Å²) in [7, 11) is -0.907. The third-order valence-corrected chi connectivity index (χ3v) is 4.92. The van der Waals surface area contributed by atoms with E-state index in [1.165, 1.54) is 12.8 Å². The molecule has 1 rings (SSSR count). The minimum Gasteiger partial charge on any atom is -0.0746 e. The van der Waals surface area contributed by atoms with E-state index in [-0.39, 0.29) is 0 Å². The van der Waals surface area contributed by atoms with Crippen LogP contribution in [0.25, 0.3) is 0 Å². The van der Waals surface area contributed by atoms with Gasteiger partial charge in [-0.05, 0) is 12.3 Å². The van der Waals surface area contributed by atoms with E-state index in [4.69, 9.17) is 0 Å². The van der Waals surface area contributed by atoms with E-state index >= 15 is 0 Å². The normalized spacial score (nSPS) is 24.3. The molecule has 1 heteroatoms. The first-order valence-electron chi connectivity index (χ1n) is 4.72. The number of hydrogen-bond acceptors (Lipinski definition) is 0. The highest BCUT2D eigenvalue weighted by molar-refractivity contribution is 6.84. The molecule has 1 aliphatic rings. The lowest BCUT2D eigenvalue weighted by Crippen LogP contribution is -2.19. The second kappa shape index (κ2) is 2.78. The molecule has 1 unspecified atom stereocenters. The Morgan fingerprint density at radius 1 is 1.27 bits per heavy atom. The third-order valence-electron chi connectivity index (χ3n) is 2.55. The Labute approximate surface area is 71.7 Å². The first kappa shape index (κ1) is 9.05. The predicted octanol–water partition coefficient (Wildman–Crippen LogP) is 3.61. The lowest BCUT2D eigenvalue weighted by molar-refractivity contribution is 0.867. The minimum absolute atomic E-state index is 0.890. The van der Waals surface area contributed by atoms with E-state index < -0.39 is 8.07 Å². The van der Waals surface area contributed by atoms with Crippen molar-refractivity contribution in [1.82, 2.24) is 0 Å². The zero-order chi connectivity index (χ0) is 8.65. The van der Waals surface area contributed by atoms with Crippen LogP contribution >= 0.6 is 0 Å². The molecule has 0 spiro atoms. The van der Waals surface area contributed by atoms with Gasteiger partial charge in [0.05, 0.1) is 8.07 Å². The lowest BCUT2D eigenvalue weighted by atomic mass is 10.2. The van der Waals surface area contributed by atoms with Crippen molar-refractivity contribution in [2.24, 2.45) is 5.92 Å². The summed E-state index contributed by atoms with van der Waals surface area (Å²) in [6.07, 6.45) is 2.69. The van der Waals surface area contributed by atoms with Crippen LogP contribution < -0.4 is 0 Å². The zero-order valence-corrected chi connectivity index (χ0v) is 9.49. The minimum atomic E-state index is -0.907. The highest BCUT2D eigenvalue weighted by Gasteiger charge is 2.39. The maximum absolute atomic E-state index is 2.46. The lowest BCUT2D eigenvalue weighted by Gasteiger charge is -2.11. The molecule has 0 nitrogen and oxygen atoms in total. The standard InChI is InChI=1S/C10H20Si/c1-6-7-9-8(2)10(9)11(3,4)5/h8H,6-7H2,1-5H3. The van der Waals surface area contributed by atoms with Gasteiger partial charge < -0.3 is 0 Å². The van der Waals surface area contributed by atoms with Crippen molar-refractivity contribution in [3.05, 3.63) is 10.8 Å². The molecule has 0 aromatic carbocycles. The van der Waals surface area contributed by atoms with Crippen molar-refractivity contribution in [2.75, 3.05) is 0 Å². The number of allylic oxidation sites excluding steroid dienone is 2. The van der Waals surface area contributed by atoms with Crippen LogP contribution in [0.3, 0.4) is 0 Å². The summed E-state index contributed by atoms with van der Waals surface area (Å²) < 4.78 is 0. The summed E-state index contributed by atoms with van der Waals surface area (Å²) in [5.74, 6) is 0.890. The number of hydrogen-bond donors (Lipinski definition) is 0. The average Bonchev–Trinajstić information content (AvgIpc) is 2.41. The van der Waals surface area contributed by atoms with E-state index in [0.717, 1.165) is 5.92 Å². The van der Waals surface area contributed by atoms with Crippen LogP contribution in [0.4, 0.5) is 0 Å². The van der Waals surface area contributed by atoms with Crippen molar-refractivity contribution < 1.29 is 0 Å². The molecule has 0 fully saturated rings. The van der Waals surface area contributed by atoms with Crippen molar-refractivity contribution in [1.29, 1.82) is 0 Å². The summed E-state index contributed by atoms with van der Waals surface area (Å²) in [5.41, 5.74) is 1.80. The average molecular weight is 168 g/mol. The molecular weight excluding hydrogens is 148 g/mol. The summed E-state index contributed by atoms with van der Waals surface area (Å²) >= 11 is 0. The van der Waals surface area contributed by atoms with Gasteiger partial charge in [0.2, 0.25) is 0 Å². The highest BCUT2D eigenvalue weighted by atomic mass is 28.3. The fraction of sp³-hybridized carbons (Fsp3) is 0.800. The van der Waals surface area contributed by atoms with Gasteiger partial charge in [-0.15, -0.1) is 0 Å². The van der Waals surface area contributed by atoms with Crippen LogP contribution in [-0.2, 0) is 0 Å². The molecule has 11 heavy (non-hydrogen) atoms. The second-order valence-corrected chi connectivity index (χ2v) is 9.70. The molecule has 0 aromatic rings. The molecule has 0 N–H and O–H groups in total. The molecule has 1 atom stereocenters. The van der Waals surface area contributed by atoms with Gasteiger partial charge in [-0.3, -0.25) is 0 Å². The van der Waals surface area contributed by atoms with Gasteiger partial charge in [0.15, 0.2) is 0 Å². The van der Waals surface area contributed by atoms with Crippen molar-refractivity contribution in [3.63, 3.8) is 0 Å². The van der Waals surface area contributed by atoms with E-state index in [9.17, 15) is 0 Å². The van der Waals surface area contributed by atoms with Gasteiger partial charge >= 0.3 is 0 Å². The van der Waals surface area contributed by atoms with Crippen LogP contribution in [0.1, 0.15) is 26.7 Å². The molecule has 0 amide bonds. The quantitative estimate of drug-likeness (QED) is 0.565. The molecule has 0 heterocycles. The molecular formula is C10H20Si. The molecule has 64 valence electrons. The molecule has 0 saturated carbocycles. The second-order valence-electron chi connectivity index (χ2n) is 4.66. The van der Waals surface area contributed by atoms with Gasteiger partial charge in [-0.2, -0.15) is 0 Å². The maximum atomic E-state index is 2.46. The van der Waals surface area contributed by atoms with Crippen molar-refractivity contribution in [3.8, 4) is 0 Å². The van der Waals surface area contributed by atoms with E-state index in [2.05, 4.69) is 33.5 Å². The van der Waals surface area contributed by atoms with Gasteiger partial charge in [0.25, 0.3) is 0 Å². The first-order valence-corrected chi connectivity index (χ1v) is 8.22. The third kappa shape index (κ3) is 1.75. The Morgan fingerprint density at radius 3 is 2.09 bits per heavy atom. The Hall–Kier alpha value is -0.0431. The van der Waals surface area contributed by atoms with Crippen LogP contribution in [0.15, 0.2) is 10.8 Å². The van der Waals surface area contributed by atoms with Crippen LogP contribution in [0, 0.1) is 5.92 Å². The topological polar surface area (TPSA) is 0 Å². The Morgan fingerprint density at radius 2 is 1.82 bits per heavy atom. The molecule has 0 saturated heterocycles. The monoisotopic (exact) mass is 168 g/mol.